The Kier molecular flexibility index (Phi) is 5.62. The van der Waals surface area contributed by atoms with Crippen molar-refractivity contribution in [1.29, 1.82) is 0 Å². The van der Waals surface area contributed by atoms with Crippen molar-refractivity contribution in [2.45, 2.75) is 25.9 Å². The van der Waals surface area contributed by atoms with Crippen LogP contribution in [-0.2, 0) is 0 Å². The van der Waals surface area contributed by atoms with Gasteiger partial charge in [-0.1, -0.05) is 13.3 Å². The number of hydrogen-bond donors (Lipinski definition) is 0. The molecule has 0 aliphatic rings. The van der Waals surface area contributed by atoms with E-state index in [0.29, 0.717) is 29.9 Å². The molecule has 0 aliphatic carbocycles. The molecule has 1 aromatic carbocycles. The lowest BCUT2D eigenvalue weighted by molar-refractivity contribution is -0.140. The van der Waals surface area contributed by atoms with Crippen LogP contribution in [-0.4, -0.2) is 30.1 Å². The van der Waals surface area contributed by atoms with Crippen LogP contribution in [0.3, 0.4) is 0 Å². The molecule has 0 saturated carbocycles. The molecule has 0 fully saturated rings. The van der Waals surface area contributed by atoms with Gasteiger partial charge in [0, 0.05) is 12.1 Å². The number of carbonyl (C=O) groups is 1. The van der Waals surface area contributed by atoms with Crippen LogP contribution in [0.15, 0.2) is 12.1 Å². The molecule has 0 bridgehead atoms. The third-order valence-electron chi connectivity index (χ3n) is 2.67. The zero-order valence-electron chi connectivity index (χ0n) is 11.1. The van der Waals surface area contributed by atoms with E-state index < -0.39 is 41.6 Å². The molecule has 2 nitrogen and oxygen atoms in total. The maximum absolute atomic E-state index is 13.0. The fourth-order valence-corrected chi connectivity index (χ4v) is 1.68. The highest BCUT2D eigenvalue weighted by molar-refractivity contribution is 5.94. The van der Waals surface area contributed by atoms with Gasteiger partial charge in [0.2, 0.25) is 0 Å². The molecule has 0 heterocycles. The van der Waals surface area contributed by atoms with Gasteiger partial charge >= 0.3 is 6.18 Å². The first-order valence-corrected chi connectivity index (χ1v) is 6.16. The summed E-state index contributed by atoms with van der Waals surface area (Å²) in [7, 11) is 0. The standard InChI is InChI=1S/C13H13F6NO/c1-2-3-4-20(7-13(17,18)19)12(21)8-5-9(14)11(16)10(15)6-8/h5-6H,2-4,7H2,1H3. The molecule has 0 radical (unpaired) electrons. The van der Waals surface area contributed by atoms with Crippen molar-refractivity contribution < 1.29 is 31.1 Å². The van der Waals surface area contributed by atoms with Gasteiger partial charge in [0.15, 0.2) is 17.5 Å². The van der Waals surface area contributed by atoms with Crippen LogP contribution in [0.5, 0.6) is 0 Å². The molecule has 1 rings (SSSR count). The number of benzene rings is 1. The number of hydrogen-bond acceptors (Lipinski definition) is 1. The summed E-state index contributed by atoms with van der Waals surface area (Å²) < 4.78 is 76.2. The highest BCUT2D eigenvalue weighted by Crippen LogP contribution is 2.20. The molecule has 1 aromatic rings. The van der Waals surface area contributed by atoms with Crippen molar-refractivity contribution in [3.05, 3.63) is 35.1 Å². The molecule has 0 unspecified atom stereocenters. The number of nitrogens with zero attached hydrogens (tertiary/aromatic N) is 1. The maximum Gasteiger partial charge on any atom is 0.406 e. The summed E-state index contributed by atoms with van der Waals surface area (Å²) >= 11 is 0. The second-order valence-corrected chi connectivity index (χ2v) is 4.45. The molecule has 0 saturated heterocycles. The van der Waals surface area contributed by atoms with Crippen molar-refractivity contribution in [2.24, 2.45) is 0 Å². The van der Waals surface area contributed by atoms with Crippen molar-refractivity contribution in [3.8, 4) is 0 Å². The predicted octanol–water partition coefficient (Wildman–Crippen LogP) is 3.91. The summed E-state index contributed by atoms with van der Waals surface area (Å²) in [5, 5.41) is 0. The quantitative estimate of drug-likeness (QED) is 0.596. The summed E-state index contributed by atoms with van der Waals surface area (Å²) in [4.78, 5) is 12.4. The minimum absolute atomic E-state index is 0.213. The van der Waals surface area contributed by atoms with E-state index in [2.05, 4.69) is 0 Å². The van der Waals surface area contributed by atoms with Gasteiger partial charge in [-0.3, -0.25) is 4.79 Å². The summed E-state index contributed by atoms with van der Waals surface area (Å²) in [6.45, 7) is -0.0324. The number of unbranched alkanes of at least 4 members (excludes halogenated alkanes) is 1. The first kappa shape index (κ1) is 17.3. The van der Waals surface area contributed by atoms with E-state index in [1.807, 2.05) is 0 Å². The number of rotatable bonds is 5. The van der Waals surface area contributed by atoms with Crippen LogP contribution in [0.25, 0.3) is 0 Å². The van der Waals surface area contributed by atoms with Crippen molar-refractivity contribution >= 4 is 5.91 Å². The van der Waals surface area contributed by atoms with E-state index in [0.717, 1.165) is 0 Å². The van der Waals surface area contributed by atoms with E-state index in [-0.39, 0.29) is 6.54 Å². The lowest BCUT2D eigenvalue weighted by Crippen LogP contribution is -2.39. The van der Waals surface area contributed by atoms with Gasteiger partial charge in [-0.15, -0.1) is 0 Å². The second-order valence-electron chi connectivity index (χ2n) is 4.45. The normalized spacial score (nSPS) is 11.6. The second kappa shape index (κ2) is 6.82. The third-order valence-corrected chi connectivity index (χ3v) is 2.67. The Hall–Kier alpha value is -1.73. The van der Waals surface area contributed by atoms with Crippen molar-refractivity contribution in [2.75, 3.05) is 13.1 Å². The van der Waals surface area contributed by atoms with Gasteiger partial charge in [0.1, 0.15) is 6.54 Å². The smallest absolute Gasteiger partial charge is 0.330 e. The monoisotopic (exact) mass is 313 g/mol. The van der Waals surface area contributed by atoms with Crippen LogP contribution in [0, 0.1) is 17.5 Å². The van der Waals surface area contributed by atoms with Crippen LogP contribution in [0.1, 0.15) is 30.1 Å². The van der Waals surface area contributed by atoms with E-state index in [1.165, 1.54) is 0 Å². The van der Waals surface area contributed by atoms with E-state index in [1.54, 1.807) is 6.92 Å². The number of carbonyl (C=O) groups excluding carboxylic acids is 1. The minimum atomic E-state index is -4.64. The third kappa shape index (κ3) is 4.95. The molecule has 0 N–H and O–H groups in total. The SMILES string of the molecule is CCCCN(CC(F)(F)F)C(=O)c1cc(F)c(F)c(F)c1. The zero-order valence-corrected chi connectivity index (χ0v) is 11.1. The number of amides is 1. The minimum Gasteiger partial charge on any atom is -0.330 e. The molecule has 0 aliphatic heterocycles. The van der Waals surface area contributed by atoms with Gasteiger partial charge in [-0.05, 0) is 18.6 Å². The number of alkyl halides is 3. The summed E-state index contributed by atoms with van der Waals surface area (Å²) in [5.41, 5.74) is -0.660. The highest BCUT2D eigenvalue weighted by atomic mass is 19.4. The van der Waals surface area contributed by atoms with Gasteiger partial charge in [-0.2, -0.15) is 13.2 Å². The lowest BCUT2D eigenvalue weighted by Gasteiger charge is -2.24. The fraction of sp³-hybridized carbons (Fsp3) is 0.462. The molecule has 118 valence electrons. The predicted molar refractivity (Wildman–Crippen MR) is 63.2 cm³/mol. The Morgan fingerprint density at radius 1 is 1.14 bits per heavy atom. The first-order valence-electron chi connectivity index (χ1n) is 6.16. The maximum atomic E-state index is 13.0. The van der Waals surface area contributed by atoms with Crippen LogP contribution in [0.2, 0.25) is 0 Å². The molecule has 1 amide bonds. The summed E-state index contributed by atoms with van der Waals surface area (Å²) in [5.74, 6) is -6.22. The molecule has 8 heteroatoms. The molecule has 0 atom stereocenters. The van der Waals surface area contributed by atoms with Crippen LogP contribution >= 0.6 is 0 Å². The molecular weight excluding hydrogens is 300 g/mol. The topological polar surface area (TPSA) is 20.3 Å². The summed E-state index contributed by atoms with van der Waals surface area (Å²) in [6, 6.07) is 0.770. The van der Waals surface area contributed by atoms with Gasteiger partial charge in [-0.25, -0.2) is 13.2 Å². The van der Waals surface area contributed by atoms with Crippen molar-refractivity contribution in [1.82, 2.24) is 4.90 Å². The van der Waals surface area contributed by atoms with Gasteiger partial charge in [0.05, 0.1) is 0 Å². The van der Waals surface area contributed by atoms with Crippen LogP contribution < -0.4 is 0 Å². The molecule has 0 aromatic heterocycles. The number of halogens is 6. The first-order chi connectivity index (χ1) is 9.65. The van der Waals surface area contributed by atoms with Crippen LogP contribution in [0.4, 0.5) is 26.3 Å². The van der Waals surface area contributed by atoms with E-state index in [9.17, 15) is 31.1 Å². The Morgan fingerprint density at radius 3 is 2.10 bits per heavy atom. The van der Waals surface area contributed by atoms with Gasteiger partial charge in [0.25, 0.3) is 5.91 Å². The van der Waals surface area contributed by atoms with Gasteiger partial charge < -0.3 is 4.90 Å². The highest BCUT2D eigenvalue weighted by Gasteiger charge is 2.33. The largest absolute Gasteiger partial charge is 0.406 e. The lowest BCUT2D eigenvalue weighted by atomic mass is 10.1. The Bertz CT molecular complexity index is 491. The van der Waals surface area contributed by atoms with Crippen molar-refractivity contribution in [3.63, 3.8) is 0 Å². The molecule has 0 spiro atoms. The van der Waals surface area contributed by atoms with E-state index >= 15 is 0 Å². The average Bonchev–Trinajstić information content (AvgIpc) is 2.38. The fourth-order valence-electron chi connectivity index (χ4n) is 1.68. The Morgan fingerprint density at radius 2 is 1.67 bits per heavy atom. The Balaban J connectivity index is 3.04. The summed E-state index contributed by atoms with van der Waals surface area (Å²) in [6.07, 6.45) is -3.80. The Labute approximate surface area is 117 Å². The molecule has 21 heavy (non-hydrogen) atoms. The average molecular weight is 313 g/mol. The zero-order chi connectivity index (χ0) is 16.2. The van der Waals surface area contributed by atoms with E-state index in [4.69, 9.17) is 0 Å². The molecular formula is C13H13F6NO.